The van der Waals surface area contributed by atoms with Gasteiger partial charge < -0.3 is 4.74 Å². The summed E-state index contributed by atoms with van der Waals surface area (Å²) in [5.41, 5.74) is 0. The van der Waals surface area contributed by atoms with Gasteiger partial charge in [0.15, 0.2) is 6.17 Å². The first-order valence-electron chi connectivity index (χ1n) is 18.3. The summed E-state index contributed by atoms with van der Waals surface area (Å²) in [7, 11) is 0. The van der Waals surface area contributed by atoms with Gasteiger partial charge in [-0.25, -0.2) is 9.18 Å². The van der Waals surface area contributed by atoms with Gasteiger partial charge in [-0.15, -0.1) is 0 Å². The van der Waals surface area contributed by atoms with Gasteiger partial charge in [0.1, 0.15) is 0 Å². The van der Waals surface area contributed by atoms with Crippen LogP contribution in [0.15, 0.2) is 0 Å². The molecule has 0 N–H and O–H groups in total. The smallest absolute Gasteiger partial charge is 0.340 e. The monoisotopic (exact) mass is 569 g/mol. The molecule has 0 heterocycles. The number of hydrogen-bond donors (Lipinski definition) is 0. The number of hydrogen-bond acceptors (Lipinski definition) is 2. The average molecular weight is 569 g/mol. The van der Waals surface area contributed by atoms with Crippen LogP contribution in [-0.2, 0) is 9.53 Å². The fourth-order valence-electron chi connectivity index (χ4n) is 6.05. The number of rotatable bonds is 31. The highest BCUT2D eigenvalue weighted by Crippen LogP contribution is 2.26. The quantitative estimate of drug-likeness (QED) is 0.0614. The molecule has 0 saturated carbocycles. The van der Waals surface area contributed by atoms with E-state index in [0.29, 0.717) is 18.9 Å². The Labute approximate surface area is 251 Å². The van der Waals surface area contributed by atoms with Crippen LogP contribution in [0.4, 0.5) is 4.39 Å². The summed E-state index contributed by atoms with van der Waals surface area (Å²) in [6, 6.07) is 0. The van der Waals surface area contributed by atoms with Crippen LogP contribution in [0, 0.1) is 17.8 Å². The summed E-state index contributed by atoms with van der Waals surface area (Å²) < 4.78 is 20.1. The van der Waals surface area contributed by atoms with Crippen LogP contribution in [0.1, 0.15) is 202 Å². The van der Waals surface area contributed by atoms with E-state index in [-0.39, 0.29) is 0 Å². The van der Waals surface area contributed by atoms with Crippen molar-refractivity contribution in [3.05, 3.63) is 0 Å². The van der Waals surface area contributed by atoms with Crippen molar-refractivity contribution in [1.29, 1.82) is 0 Å². The van der Waals surface area contributed by atoms with Gasteiger partial charge in [0.2, 0.25) is 0 Å². The number of unbranched alkanes of at least 4 members (excludes halogenated alkanes) is 17. The van der Waals surface area contributed by atoms with Crippen molar-refractivity contribution in [1.82, 2.24) is 0 Å². The Kier molecular flexibility index (Phi) is 29.4. The Morgan fingerprint density at radius 1 is 0.525 bits per heavy atom. The molecule has 0 radical (unpaired) electrons. The van der Waals surface area contributed by atoms with Crippen molar-refractivity contribution >= 4 is 5.97 Å². The second-order valence-corrected chi connectivity index (χ2v) is 13.3. The van der Waals surface area contributed by atoms with Crippen LogP contribution < -0.4 is 0 Å². The van der Waals surface area contributed by atoms with Gasteiger partial charge in [-0.2, -0.15) is 0 Å². The third-order valence-electron chi connectivity index (χ3n) is 9.05. The summed E-state index contributed by atoms with van der Waals surface area (Å²) in [6.07, 6.45) is 30.3. The maximum atomic E-state index is 14.6. The molecule has 0 aliphatic carbocycles. The van der Waals surface area contributed by atoms with Crippen molar-refractivity contribution in [2.75, 3.05) is 6.61 Å². The van der Waals surface area contributed by atoms with Crippen molar-refractivity contribution in [3.63, 3.8) is 0 Å². The van der Waals surface area contributed by atoms with Crippen molar-refractivity contribution in [2.45, 2.75) is 208 Å². The Balaban J connectivity index is 4.09. The third kappa shape index (κ3) is 25.1. The number of alkyl halides is 1. The van der Waals surface area contributed by atoms with Crippen LogP contribution in [0.25, 0.3) is 0 Å². The van der Waals surface area contributed by atoms with Gasteiger partial charge in [0, 0.05) is 0 Å². The lowest BCUT2D eigenvalue weighted by Gasteiger charge is -2.21. The molecule has 3 unspecified atom stereocenters. The molecule has 2 nitrogen and oxygen atoms in total. The predicted molar refractivity (Wildman–Crippen MR) is 175 cm³/mol. The fraction of sp³-hybridized carbons (Fsp3) is 0.973. The molecule has 3 atom stereocenters. The van der Waals surface area contributed by atoms with Crippen LogP contribution in [0.5, 0.6) is 0 Å². The summed E-state index contributed by atoms with van der Waals surface area (Å²) in [5, 5.41) is 0. The van der Waals surface area contributed by atoms with E-state index in [1.807, 2.05) is 0 Å². The predicted octanol–water partition coefficient (Wildman–Crippen LogP) is 13.0. The van der Waals surface area contributed by atoms with E-state index in [1.165, 1.54) is 128 Å². The standard InChI is InChI=1S/C37H73FO2/c1-6-9-12-15-17-19-24-29-35(33(4)5)30-25-20-21-26-31-36(38)37(39)40-32-34(27-22-14-11-8-3)28-23-18-16-13-10-7-2/h33-36H,6-32H2,1-5H3. The summed E-state index contributed by atoms with van der Waals surface area (Å²) >= 11 is 0. The summed E-state index contributed by atoms with van der Waals surface area (Å²) in [5.74, 6) is 1.36. The van der Waals surface area contributed by atoms with Crippen molar-refractivity contribution < 1.29 is 13.9 Å². The van der Waals surface area contributed by atoms with E-state index >= 15 is 0 Å². The highest BCUT2D eigenvalue weighted by molar-refractivity contribution is 5.74. The number of ether oxygens (including phenoxy) is 1. The van der Waals surface area contributed by atoms with Crippen LogP contribution in [0.3, 0.4) is 0 Å². The maximum absolute atomic E-state index is 14.6. The minimum atomic E-state index is -1.45. The molecule has 0 saturated heterocycles. The highest BCUT2D eigenvalue weighted by atomic mass is 19.1. The van der Waals surface area contributed by atoms with Crippen molar-refractivity contribution in [2.24, 2.45) is 17.8 Å². The number of carbonyl (C=O) groups is 1. The molecule has 0 aromatic carbocycles. The lowest BCUT2D eigenvalue weighted by atomic mass is 9.85. The molecule has 240 valence electrons. The van der Waals surface area contributed by atoms with Crippen LogP contribution in [-0.4, -0.2) is 18.7 Å². The lowest BCUT2D eigenvalue weighted by Crippen LogP contribution is -2.22. The molecular formula is C37H73FO2. The van der Waals surface area contributed by atoms with Gasteiger partial charge in [0.05, 0.1) is 6.61 Å². The molecule has 0 fully saturated rings. The van der Waals surface area contributed by atoms with Gasteiger partial charge in [0.25, 0.3) is 0 Å². The molecular weight excluding hydrogens is 495 g/mol. The molecule has 3 heteroatoms. The largest absolute Gasteiger partial charge is 0.463 e. The topological polar surface area (TPSA) is 26.3 Å². The minimum Gasteiger partial charge on any atom is -0.463 e. The lowest BCUT2D eigenvalue weighted by molar-refractivity contribution is -0.151. The molecule has 0 amide bonds. The molecule has 0 aromatic heterocycles. The Bertz CT molecular complexity index is 520. The fourth-order valence-corrected chi connectivity index (χ4v) is 6.05. The highest BCUT2D eigenvalue weighted by Gasteiger charge is 2.20. The normalized spacial score (nSPS) is 14.0. The molecule has 40 heavy (non-hydrogen) atoms. The number of esters is 1. The van der Waals surface area contributed by atoms with Gasteiger partial charge in [-0.05, 0) is 43.4 Å². The molecule has 0 spiro atoms. The van der Waals surface area contributed by atoms with E-state index < -0.39 is 12.1 Å². The van der Waals surface area contributed by atoms with Gasteiger partial charge in [-0.3, -0.25) is 0 Å². The van der Waals surface area contributed by atoms with Crippen LogP contribution >= 0.6 is 0 Å². The first-order chi connectivity index (χ1) is 19.5. The van der Waals surface area contributed by atoms with Gasteiger partial charge in [-0.1, -0.05) is 176 Å². The summed E-state index contributed by atoms with van der Waals surface area (Å²) in [6.45, 7) is 11.9. The van der Waals surface area contributed by atoms with Crippen LogP contribution in [0.2, 0.25) is 0 Å². The summed E-state index contributed by atoms with van der Waals surface area (Å²) in [4.78, 5) is 12.4. The van der Waals surface area contributed by atoms with E-state index in [0.717, 1.165) is 43.9 Å². The first kappa shape index (κ1) is 39.4. The van der Waals surface area contributed by atoms with Gasteiger partial charge >= 0.3 is 5.97 Å². The zero-order chi connectivity index (χ0) is 29.7. The molecule has 0 rings (SSSR count). The Morgan fingerprint density at radius 2 is 0.875 bits per heavy atom. The molecule has 0 aromatic rings. The Morgan fingerprint density at radius 3 is 1.30 bits per heavy atom. The Hall–Kier alpha value is -0.600. The SMILES string of the molecule is CCCCCCCCCC(CCCCCCC(F)C(=O)OCC(CCCCCC)CCCCCCCC)C(C)C. The molecule has 0 bridgehead atoms. The maximum Gasteiger partial charge on any atom is 0.340 e. The second kappa shape index (κ2) is 29.9. The zero-order valence-electron chi connectivity index (χ0n) is 28.1. The van der Waals surface area contributed by atoms with E-state index in [1.54, 1.807) is 0 Å². The molecule has 0 aliphatic heterocycles. The van der Waals surface area contributed by atoms with Crippen molar-refractivity contribution in [3.8, 4) is 0 Å². The van der Waals surface area contributed by atoms with E-state index in [9.17, 15) is 9.18 Å². The minimum absolute atomic E-state index is 0.322. The average Bonchev–Trinajstić information content (AvgIpc) is 2.94. The first-order valence-corrected chi connectivity index (χ1v) is 18.3. The molecule has 0 aliphatic rings. The van der Waals surface area contributed by atoms with E-state index in [2.05, 4.69) is 34.6 Å². The van der Waals surface area contributed by atoms with E-state index in [4.69, 9.17) is 4.74 Å². The number of halogens is 1. The zero-order valence-corrected chi connectivity index (χ0v) is 28.1. The third-order valence-corrected chi connectivity index (χ3v) is 9.05. The number of carbonyl (C=O) groups excluding carboxylic acids is 1. The second-order valence-electron chi connectivity index (χ2n) is 13.3.